The zero-order valence-electron chi connectivity index (χ0n) is 18.9. The summed E-state index contributed by atoms with van der Waals surface area (Å²) >= 11 is 1.59. The molecule has 0 aliphatic carbocycles. The minimum Gasteiger partial charge on any atom is -0.376 e. The van der Waals surface area contributed by atoms with Crippen LogP contribution in [0.5, 0.6) is 0 Å². The summed E-state index contributed by atoms with van der Waals surface area (Å²) in [6, 6.07) is 9.84. The molecule has 2 fully saturated rings. The molecule has 6 rings (SSSR count). The number of nitriles is 1. The van der Waals surface area contributed by atoms with Crippen LogP contribution in [0.4, 0.5) is 5.95 Å². The topological polar surface area (TPSA) is 105 Å². The first kappa shape index (κ1) is 21.4. The third-order valence-electron chi connectivity index (χ3n) is 7.31. The Morgan fingerprint density at radius 2 is 2.00 bits per heavy atom. The second-order valence-corrected chi connectivity index (χ2v) is 10.3. The van der Waals surface area contributed by atoms with Crippen LogP contribution >= 0.6 is 11.8 Å². The zero-order chi connectivity index (χ0) is 23.3. The smallest absolute Gasteiger partial charge is 0.211 e. The van der Waals surface area contributed by atoms with Gasteiger partial charge >= 0.3 is 0 Å². The van der Waals surface area contributed by atoms with Crippen LogP contribution in [-0.2, 0) is 4.74 Å². The van der Waals surface area contributed by atoms with Crippen LogP contribution in [0.2, 0.25) is 0 Å². The van der Waals surface area contributed by atoms with Crippen molar-refractivity contribution in [2.24, 2.45) is 11.1 Å². The summed E-state index contributed by atoms with van der Waals surface area (Å²) in [6.45, 7) is 4.61. The highest BCUT2D eigenvalue weighted by atomic mass is 32.2. The van der Waals surface area contributed by atoms with Gasteiger partial charge in [0, 0.05) is 59.6 Å². The monoisotopic (exact) mass is 471 g/mol. The largest absolute Gasteiger partial charge is 0.376 e. The van der Waals surface area contributed by atoms with Crippen LogP contribution in [-0.4, -0.2) is 51.2 Å². The molecule has 0 unspecified atom stereocenters. The molecule has 9 heteroatoms. The van der Waals surface area contributed by atoms with Gasteiger partial charge in [-0.2, -0.15) is 5.26 Å². The van der Waals surface area contributed by atoms with Crippen molar-refractivity contribution in [3.63, 3.8) is 0 Å². The van der Waals surface area contributed by atoms with Gasteiger partial charge in [-0.15, -0.1) is 0 Å². The molecule has 34 heavy (non-hydrogen) atoms. The van der Waals surface area contributed by atoms with Gasteiger partial charge in [-0.3, -0.25) is 9.38 Å². The van der Waals surface area contributed by atoms with E-state index in [1.54, 1.807) is 24.0 Å². The number of aromatic nitrogens is 4. The fraction of sp³-hybridized carbons (Fsp3) is 0.360. The molecule has 0 bridgehead atoms. The Balaban J connectivity index is 1.30. The van der Waals surface area contributed by atoms with Crippen molar-refractivity contribution in [2.45, 2.75) is 41.7 Å². The summed E-state index contributed by atoms with van der Waals surface area (Å²) in [5, 5.41) is 10.3. The quantitative estimate of drug-likeness (QED) is 0.483. The van der Waals surface area contributed by atoms with Gasteiger partial charge in [-0.1, -0.05) is 11.8 Å². The molecule has 2 atom stereocenters. The van der Waals surface area contributed by atoms with Gasteiger partial charge < -0.3 is 15.4 Å². The van der Waals surface area contributed by atoms with E-state index in [1.807, 2.05) is 36.8 Å². The number of piperidine rings is 1. The molecule has 0 saturated carbocycles. The Kier molecular flexibility index (Phi) is 5.17. The van der Waals surface area contributed by atoms with E-state index < -0.39 is 0 Å². The molecule has 2 saturated heterocycles. The lowest BCUT2D eigenvalue weighted by molar-refractivity contribution is 0.0973. The average molecular weight is 472 g/mol. The van der Waals surface area contributed by atoms with E-state index in [9.17, 15) is 5.26 Å². The van der Waals surface area contributed by atoms with Crippen LogP contribution in [0, 0.1) is 16.7 Å². The number of hydrogen-bond acceptors (Lipinski definition) is 8. The molecule has 172 valence electrons. The standard InChI is InChI=1S/C25H25N7OS/c1-16-22(27)25(15-33-16)5-9-31(10-6-25)24-30-14-21(23-29-8-11-32(23)24)34-20-4-7-28-19-3-2-17(13-26)12-18(19)20/h2-4,7-8,11-12,14,16,22H,5-6,9-10,15,27H2,1H3/t16-,22+/m0/s1. The summed E-state index contributed by atoms with van der Waals surface area (Å²) in [6.07, 6.45) is 9.60. The number of fused-ring (bicyclic) bond motifs is 2. The van der Waals surface area contributed by atoms with Crippen molar-refractivity contribution in [1.82, 2.24) is 19.4 Å². The van der Waals surface area contributed by atoms with Crippen molar-refractivity contribution in [3.8, 4) is 6.07 Å². The van der Waals surface area contributed by atoms with E-state index >= 15 is 0 Å². The first-order valence-electron chi connectivity index (χ1n) is 11.5. The minimum absolute atomic E-state index is 0.0739. The van der Waals surface area contributed by atoms with E-state index in [0.717, 1.165) is 64.8 Å². The highest BCUT2D eigenvalue weighted by Gasteiger charge is 2.47. The molecule has 0 radical (unpaired) electrons. The van der Waals surface area contributed by atoms with Crippen molar-refractivity contribution in [3.05, 3.63) is 54.6 Å². The van der Waals surface area contributed by atoms with Gasteiger partial charge in [0.1, 0.15) is 0 Å². The van der Waals surface area contributed by atoms with Crippen molar-refractivity contribution < 1.29 is 4.74 Å². The van der Waals surface area contributed by atoms with Gasteiger partial charge in [0.25, 0.3) is 0 Å². The van der Waals surface area contributed by atoms with Crippen molar-refractivity contribution in [2.75, 3.05) is 24.6 Å². The Hall–Kier alpha value is -3.19. The summed E-state index contributed by atoms with van der Waals surface area (Å²) in [5.74, 6) is 0.901. The fourth-order valence-electron chi connectivity index (χ4n) is 5.21. The van der Waals surface area contributed by atoms with Gasteiger partial charge in [-0.05, 0) is 44.0 Å². The maximum atomic E-state index is 9.32. The highest BCUT2D eigenvalue weighted by molar-refractivity contribution is 7.99. The first-order chi connectivity index (χ1) is 16.6. The third kappa shape index (κ3) is 3.41. The molecule has 1 spiro atoms. The second-order valence-electron chi connectivity index (χ2n) is 9.19. The summed E-state index contributed by atoms with van der Waals surface area (Å²) in [4.78, 5) is 18.2. The Labute approximate surface area is 201 Å². The molecule has 2 aliphatic heterocycles. The maximum Gasteiger partial charge on any atom is 0.211 e. The number of benzene rings is 1. The molecule has 8 nitrogen and oxygen atoms in total. The minimum atomic E-state index is 0.0739. The number of pyridine rings is 1. The van der Waals surface area contributed by atoms with E-state index in [0.29, 0.717) is 5.56 Å². The lowest BCUT2D eigenvalue weighted by Gasteiger charge is -2.41. The first-order valence-corrected chi connectivity index (χ1v) is 12.3. The molecular weight excluding hydrogens is 446 g/mol. The molecule has 1 aromatic carbocycles. The van der Waals surface area contributed by atoms with Crippen molar-refractivity contribution >= 4 is 34.3 Å². The second kappa shape index (κ2) is 8.24. The lowest BCUT2D eigenvalue weighted by atomic mass is 9.73. The number of imidazole rings is 1. The Morgan fingerprint density at radius 1 is 1.15 bits per heavy atom. The summed E-state index contributed by atoms with van der Waals surface area (Å²) in [7, 11) is 0. The number of rotatable bonds is 3. The predicted octanol–water partition coefficient (Wildman–Crippen LogP) is 3.63. The molecule has 5 heterocycles. The molecule has 2 N–H and O–H groups in total. The van der Waals surface area contributed by atoms with Gasteiger partial charge in [-0.25, -0.2) is 9.97 Å². The Morgan fingerprint density at radius 3 is 2.76 bits per heavy atom. The molecule has 3 aromatic heterocycles. The van der Waals surface area contributed by atoms with E-state index in [2.05, 4.69) is 32.3 Å². The zero-order valence-corrected chi connectivity index (χ0v) is 19.7. The number of nitrogens with two attached hydrogens (primary N) is 1. The number of hydrogen-bond donors (Lipinski definition) is 1. The van der Waals surface area contributed by atoms with E-state index in [-0.39, 0.29) is 17.6 Å². The highest BCUT2D eigenvalue weighted by Crippen LogP contribution is 2.42. The number of ether oxygens (including phenoxy) is 1. The SMILES string of the molecule is C[C@@H]1OCC2(CCN(c3ncc(Sc4ccnc5ccc(C#N)cc45)c4nccn34)CC2)[C@@H]1N. The molecule has 2 aliphatic rings. The fourth-order valence-corrected chi connectivity index (χ4v) is 6.20. The van der Waals surface area contributed by atoms with Crippen LogP contribution in [0.3, 0.4) is 0 Å². The van der Waals surface area contributed by atoms with E-state index in [4.69, 9.17) is 15.5 Å². The van der Waals surface area contributed by atoms with Crippen LogP contribution in [0.25, 0.3) is 16.6 Å². The van der Waals surface area contributed by atoms with Crippen LogP contribution in [0.15, 0.2) is 58.8 Å². The van der Waals surface area contributed by atoms with Crippen molar-refractivity contribution in [1.29, 1.82) is 5.26 Å². The predicted molar refractivity (Wildman–Crippen MR) is 131 cm³/mol. The molecular formula is C25H25N7OS. The maximum absolute atomic E-state index is 9.32. The van der Waals surface area contributed by atoms with Gasteiger partial charge in [0.15, 0.2) is 5.65 Å². The van der Waals surface area contributed by atoms with E-state index in [1.165, 1.54) is 0 Å². The number of anilines is 1. The average Bonchev–Trinajstić information content (AvgIpc) is 3.47. The van der Waals surface area contributed by atoms with Gasteiger partial charge in [0.2, 0.25) is 5.95 Å². The lowest BCUT2D eigenvalue weighted by Crippen LogP contribution is -2.51. The third-order valence-corrected chi connectivity index (χ3v) is 8.40. The molecule has 4 aromatic rings. The summed E-state index contributed by atoms with van der Waals surface area (Å²) < 4.78 is 7.94. The van der Waals surface area contributed by atoms with Gasteiger partial charge in [0.05, 0.1) is 34.8 Å². The summed E-state index contributed by atoms with van der Waals surface area (Å²) in [5.41, 5.74) is 8.92. The Bertz CT molecular complexity index is 1420. The molecule has 0 amide bonds. The van der Waals surface area contributed by atoms with Crippen LogP contribution in [0.1, 0.15) is 25.3 Å². The van der Waals surface area contributed by atoms with Crippen LogP contribution < -0.4 is 10.6 Å². The normalized spacial score (nSPS) is 22.0. The number of nitrogens with zero attached hydrogens (tertiary/aromatic N) is 6.